The SMILES string of the molecule is CC(Br)CC(C)c1ncnn1C. The minimum Gasteiger partial charge on any atom is -0.253 e. The minimum atomic E-state index is 0.465. The summed E-state index contributed by atoms with van der Waals surface area (Å²) in [6, 6.07) is 0. The molecule has 0 bridgehead atoms. The van der Waals surface area contributed by atoms with E-state index in [1.165, 1.54) is 0 Å². The smallest absolute Gasteiger partial charge is 0.138 e. The van der Waals surface area contributed by atoms with Gasteiger partial charge in [-0.1, -0.05) is 29.8 Å². The Bertz CT molecular complexity index is 244. The highest BCUT2D eigenvalue weighted by molar-refractivity contribution is 9.09. The van der Waals surface area contributed by atoms with Crippen LogP contribution in [0.1, 0.15) is 32.0 Å². The molecule has 0 radical (unpaired) electrons. The van der Waals surface area contributed by atoms with Gasteiger partial charge in [0.05, 0.1) is 0 Å². The van der Waals surface area contributed by atoms with Crippen LogP contribution in [0.2, 0.25) is 0 Å². The second kappa shape index (κ2) is 4.03. The van der Waals surface area contributed by atoms with Crippen molar-refractivity contribution in [2.75, 3.05) is 0 Å². The molecule has 1 heterocycles. The number of aromatic nitrogens is 3. The molecule has 1 aromatic rings. The first kappa shape index (κ1) is 9.71. The van der Waals surface area contributed by atoms with Crippen molar-refractivity contribution in [2.24, 2.45) is 7.05 Å². The van der Waals surface area contributed by atoms with E-state index >= 15 is 0 Å². The summed E-state index contributed by atoms with van der Waals surface area (Å²) in [6.45, 7) is 4.31. The predicted molar refractivity (Wildman–Crippen MR) is 52.4 cm³/mol. The number of hydrogen-bond acceptors (Lipinski definition) is 2. The first-order valence-corrected chi connectivity index (χ1v) is 5.00. The molecule has 0 saturated carbocycles. The number of halogens is 1. The summed E-state index contributed by atoms with van der Waals surface area (Å²) in [5.74, 6) is 1.52. The van der Waals surface area contributed by atoms with Gasteiger partial charge in [0, 0.05) is 17.8 Å². The molecule has 0 aliphatic rings. The highest BCUT2D eigenvalue weighted by atomic mass is 79.9. The van der Waals surface area contributed by atoms with E-state index in [-0.39, 0.29) is 0 Å². The molecular formula is C8H14BrN3. The maximum Gasteiger partial charge on any atom is 0.138 e. The zero-order chi connectivity index (χ0) is 9.14. The average Bonchev–Trinajstić information content (AvgIpc) is 2.33. The van der Waals surface area contributed by atoms with Crippen LogP contribution in [0.15, 0.2) is 6.33 Å². The highest BCUT2D eigenvalue weighted by Crippen LogP contribution is 2.20. The van der Waals surface area contributed by atoms with E-state index < -0.39 is 0 Å². The van der Waals surface area contributed by atoms with Gasteiger partial charge in [-0.2, -0.15) is 5.10 Å². The molecule has 0 N–H and O–H groups in total. The molecule has 0 amide bonds. The summed E-state index contributed by atoms with van der Waals surface area (Å²) in [5, 5.41) is 4.04. The van der Waals surface area contributed by atoms with Gasteiger partial charge in [0.1, 0.15) is 12.2 Å². The van der Waals surface area contributed by atoms with Crippen LogP contribution in [0.4, 0.5) is 0 Å². The van der Waals surface area contributed by atoms with Gasteiger partial charge >= 0.3 is 0 Å². The molecule has 68 valence electrons. The van der Waals surface area contributed by atoms with Crippen LogP contribution in [0.25, 0.3) is 0 Å². The standard InChI is InChI=1S/C8H14BrN3/c1-6(4-7(2)9)8-10-5-11-12(8)3/h5-7H,4H2,1-3H3. The third-order valence-electron chi connectivity index (χ3n) is 1.87. The largest absolute Gasteiger partial charge is 0.253 e. The summed E-state index contributed by atoms with van der Waals surface area (Å²) >= 11 is 3.53. The molecule has 2 unspecified atom stereocenters. The third-order valence-corrected chi connectivity index (χ3v) is 2.24. The second-order valence-electron chi connectivity index (χ2n) is 3.16. The lowest BCUT2D eigenvalue weighted by molar-refractivity contribution is 0.588. The minimum absolute atomic E-state index is 0.465. The maximum absolute atomic E-state index is 4.20. The molecule has 0 aliphatic heterocycles. The lowest BCUT2D eigenvalue weighted by Crippen LogP contribution is -2.07. The lowest BCUT2D eigenvalue weighted by Gasteiger charge is -2.11. The Morgan fingerprint density at radius 1 is 1.58 bits per heavy atom. The Morgan fingerprint density at radius 3 is 2.67 bits per heavy atom. The van der Waals surface area contributed by atoms with Crippen molar-refractivity contribution < 1.29 is 0 Å². The van der Waals surface area contributed by atoms with Gasteiger partial charge in [0.2, 0.25) is 0 Å². The van der Waals surface area contributed by atoms with E-state index in [2.05, 4.69) is 39.9 Å². The topological polar surface area (TPSA) is 30.7 Å². The Hall–Kier alpha value is -0.380. The molecule has 0 aromatic carbocycles. The summed E-state index contributed by atoms with van der Waals surface area (Å²) in [4.78, 5) is 4.73. The van der Waals surface area contributed by atoms with Crippen LogP contribution in [-0.4, -0.2) is 19.6 Å². The van der Waals surface area contributed by atoms with E-state index in [0.29, 0.717) is 10.7 Å². The molecule has 1 aromatic heterocycles. The second-order valence-corrected chi connectivity index (χ2v) is 4.72. The van der Waals surface area contributed by atoms with Gasteiger partial charge < -0.3 is 0 Å². The number of alkyl halides is 1. The summed E-state index contributed by atoms with van der Waals surface area (Å²) in [7, 11) is 1.93. The van der Waals surface area contributed by atoms with Crippen molar-refractivity contribution in [1.82, 2.24) is 14.8 Å². The van der Waals surface area contributed by atoms with Gasteiger partial charge in [0.25, 0.3) is 0 Å². The molecule has 12 heavy (non-hydrogen) atoms. The Kier molecular flexibility index (Phi) is 3.26. The van der Waals surface area contributed by atoms with Gasteiger partial charge in [-0.05, 0) is 6.42 Å². The fourth-order valence-electron chi connectivity index (χ4n) is 1.34. The van der Waals surface area contributed by atoms with Gasteiger partial charge in [-0.25, -0.2) is 4.98 Å². The van der Waals surface area contributed by atoms with E-state index in [4.69, 9.17) is 0 Å². The van der Waals surface area contributed by atoms with Gasteiger partial charge in [0.15, 0.2) is 0 Å². The number of aryl methyl sites for hydroxylation is 1. The first-order valence-electron chi connectivity index (χ1n) is 4.09. The normalized spacial score (nSPS) is 16.0. The maximum atomic E-state index is 4.20. The van der Waals surface area contributed by atoms with Gasteiger partial charge in [-0.3, -0.25) is 4.68 Å². The zero-order valence-electron chi connectivity index (χ0n) is 7.66. The highest BCUT2D eigenvalue weighted by Gasteiger charge is 2.12. The van der Waals surface area contributed by atoms with E-state index in [9.17, 15) is 0 Å². The fraction of sp³-hybridized carbons (Fsp3) is 0.750. The Labute approximate surface area is 81.3 Å². The van der Waals surface area contributed by atoms with E-state index in [1.54, 1.807) is 6.33 Å². The molecule has 4 heteroatoms. The lowest BCUT2D eigenvalue weighted by atomic mass is 10.1. The van der Waals surface area contributed by atoms with Crippen molar-refractivity contribution in [3.8, 4) is 0 Å². The Balaban J connectivity index is 2.65. The molecule has 0 fully saturated rings. The van der Waals surface area contributed by atoms with E-state index in [0.717, 1.165) is 12.2 Å². The van der Waals surface area contributed by atoms with Crippen molar-refractivity contribution in [2.45, 2.75) is 31.0 Å². The third kappa shape index (κ3) is 2.30. The summed E-state index contributed by atoms with van der Waals surface area (Å²) in [5.41, 5.74) is 0. The summed E-state index contributed by atoms with van der Waals surface area (Å²) in [6.07, 6.45) is 2.69. The molecule has 0 saturated heterocycles. The number of hydrogen-bond donors (Lipinski definition) is 0. The van der Waals surface area contributed by atoms with Crippen molar-refractivity contribution in [3.63, 3.8) is 0 Å². The quantitative estimate of drug-likeness (QED) is 0.747. The predicted octanol–water partition coefficient (Wildman–Crippen LogP) is 2.09. The Morgan fingerprint density at radius 2 is 2.25 bits per heavy atom. The van der Waals surface area contributed by atoms with E-state index in [1.807, 2.05) is 11.7 Å². The van der Waals surface area contributed by atoms with Crippen LogP contribution in [0.5, 0.6) is 0 Å². The summed E-state index contributed by atoms with van der Waals surface area (Å²) < 4.78 is 1.83. The molecule has 2 atom stereocenters. The van der Waals surface area contributed by atoms with Crippen molar-refractivity contribution in [1.29, 1.82) is 0 Å². The average molecular weight is 232 g/mol. The van der Waals surface area contributed by atoms with Crippen LogP contribution >= 0.6 is 15.9 Å². The number of nitrogens with zero attached hydrogens (tertiary/aromatic N) is 3. The van der Waals surface area contributed by atoms with Crippen molar-refractivity contribution in [3.05, 3.63) is 12.2 Å². The first-order chi connectivity index (χ1) is 5.61. The molecule has 1 rings (SSSR count). The zero-order valence-corrected chi connectivity index (χ0v) is 9.24. The molecule has 0 spiro atoms. The van der Waals surface area contributed by atoms with Crippen LogP contribution < -0.4 is 0 Å². The molecule has 3 nitrogen and oxygen atoms in total. The molecular weight excluding hydrogens is 218 g/mol. The monoisotopic (exact) mass is 231 g/mol. The molecule has 0 aliphatic carbocycles. The fourth-order valence-corrected chi connectivity index (χ4v) is 1.90. The van der Waals surface area contributed by atoms with Crippen LogP contribution in [0, 0.1) is 0 Å². The van der Waals surface area contributed by atoms with Crippen molar-refractivity contribution >= 4 is 15.9 Å². The van der Waals surface area contributed by atoms with Crippen LogP contribution in [-0.2, 0) is 7.05 Å². The van der Waals surface area contributed by atoms with Crippen LogP contribution in [0.3, 0.4) is 0 Å². The number of rotatable bonds is 3. The van der Waals surface area contributed by atoms with Gasteiger partial charge in [-0.15, -0.1) is 0 Å².